The van der Waals surface area contributed by atoms with Crippen molar-refractivity contribution >= 4 is 40.3 Å². The number of amides is 1. The lowest BCUT2D eigenvalue weighted by atomic mass is 10.2. The van der Waals surface area contributed by atoms with Crippen LogP contribution in [0.5, 0.6) is 0 Å². The number of aromatic nitrogens is 1. The number of nitrogens with one attached hydrogen (secondary N) is 1. The zero-order chi connectivity index (χ0) is 13.8. The number of hydrogen-bond donors (Lipinski definition) is 2. The van der Waals surface area contributed by atoms with E-state index >= 15 is 0 Å². The fraction of sp³-hybridized carbons (Fsp3) is 0. The van der Waals surface area contributed by atoms with E-state index in [2.05, 4.69) is 32.9 Å². The highest BCUT2D eigenvalue weighted by atomic mass is 127. The Labute approximate surface area is 122 Å². The zero-order valence-corrected chi connectivity index (χ0v) is 11.8. The van der Waals surface area contributed by atoms with Crippen LogP contribution in [0.1, 0.15) is 20.7 Å². The first-order valence-electron chi connectivity index (χ1n) is 5.33. The molecule has 1 aromatic heterocycles. The van der Waals surface area contributed by atoms with E-state index < -0.39 is 11.9 Å². The number of hydrogen-bond acceptors (Lipinski definition) is 3. The summed E-state index contributed by atoms with van der Waals surface area (Å²) in [7, 11) is 0. The number of halogens is 1. The van der Waals surface area contributed by atoms with Crippen LogP contribution in [0.15, 0.2) is 42.6 Å². The molecule has 1 heterocycles. The van der Waals surface area contributed by atoms with Gasteiger partial charge in [-0.25, -0.2) is 9.78 Å². The quantitative estimate of drug-likeness (QED) is 0.817. The van der Waals surface area contributed by atoms with Crippen molar-refractivity contribution in [3.05, 3.63) is 57.3 Å². The number of anilines is 1. The molecule has 0 atom stereocenters. The van der Waals surface area contributed by atoms with Gasteiger partial charge < -0.3 is 10.4 Å². The van der Waals surface area contributed by atoms with E-state index in [-0.39, 0.29) is 11.4 Å². The monoisotopic (exact) mass is 368 g/mol. The van der Waals surface area contributed by atoms with E-state index in [1.807, 2.05) is 0 Å². The summed E-state index contributed by atoms with van der Waals surface area (Å²) in [6, 6.07) is 9.82. The van der Waals surface area contributed by atoms with Crippen molar-refractivity contribution < 1.29 is 14.7 Å². The smallest absolute Gasteiger partial charge is 0.339 e. The molecule has 96 valence electrons. The minimum absolute atomic E-state index is 0.0403. The van der Waals surface area contributed by atoms with Gasteiger partial charge in [-0.2, -0.15) is 0 Å². The molecule has 0 radical (unpaired) electrons. The maximum absolute atomic E-state index is 12.0. The van der Waals surface area contributed by atoms with Crippen molar-refractivity contribution in [2.45, 2.75) is 0 Å². The molecular formula is C13H9IN2O3. The number of carboxylic acid groups (broad SMARTS) is 1. The van der Waals surface area contributed by atoms with Gasteiger partial charge in [-0.15, -0.1) is 0 Å². The van der Waals surface area contributed by atoms with Crippen molar-refractivity contribution in [3.63, 3.8) is 0 Å². The van der Waals surface area contributed by atoms with Gasteiger partial charge in [-0.05, 0) is 59.0 Å². The lowest BCUT2D eigenvalue weighted by Gasteiger charge is -2.07. The van der Waals surface area contributed by atoms with Gasteiger partial charge in [0.05, 0.1) is 0 Å². The largest absolute Gasteiger partial charge is 0.478 e. The van der Waals surface area contributed by atoms with Crippen molar-refractivity contribution in [3.8, 4) is 0 Å². The summed E-state index contributed by atoms with van der Waals surface area (Å²) in [6.45, 7) is 0. The second kappa shape index (κ2) is 5.79. The second-order valence-electron chi connectivity index (χ2n) is 3.67. The molecule has 0 bridgehead atoms. The highest BCUT2D eigenvalue weighted by Crippen LogP contribution is 2.13. The van der Waals surface area contributed by atoms with Gasteiger partial charge >= 0.3 is 5.97 Å². The van der Waals surface area contributed by atoms with Crippen LogP contribution in [-0.4, -0.2) is 22.0 Å². The first-order valence-corrected chi connectivity index (χ1v) is 6.41. The Kier molecular flexibility index (Phi) is 4.10. The van der Waals surface area contributed by atoms with Gasteiger partial charge in [-0.1, -0.05) is 0 Å². The average Bonchev–Trinajstić information content (AvgIpc) is 2.39. The minimum Gasteiger partial charge on any atom is -0.478 e. The van der Waals surface area contributed by atoms with Gasteiger partial charge in [0, 0.05) is 15.3 Å². The Bertz CT molecular complexity index is 626. The molecule has 2 rings (SSSR count). The van der Waals surface area contributed by atoms with Crippen LogP contribution in [0.3, 0.4) is 0 Å². The lowest BCUT2D eigenvalue weighted by Crippen LogP contribution is -2.15. The molecule has 0 spiro atoms. The number of carboxylic acids is 1. The maximum Gasteiger partial charge on any atom is 0.339 e. The molecule has 1 aromatic carbocycles. The van der Waals surface area contributed by atoms with Crippen LogP contribution in [0.25, 0.3) is 0 Å². The third kappa shape index (κ3) is 3.28. The maximum atomic E-state index is 12.0. The third-order valence-electron chi connectivity index (χ3n) is 2.38. The van der Waals surface area contributed by atoms with E-state index in [1.54, 1.807) is 24.3 Å². The summed E-state index contributed by atoms with van der Waals surface area (Å²) in [5, 5.41) is 11.5. The Morgan fingerprint density at radius 3 is 2.47 bits per heavy atom. The summed E-state index contributed by atoms with van der Waals surface area (Å²) >= 11 is 2.14. The molecule has 0 unspecified atom stereocenters. The molecule has 19 heavy (non-hydrogen) atoms. The molecule has 0 aliphatic carbocycles. The van der Waals surface area contributed by atoms with Crippen molar-refractivity contribution in [1.82, 2.24) is 4.98 Å². The number of aromatic carboxylic acids is 1. The van der Waals surface area contributed by atoms with E-state index in [0.717, 1.165) is 3.57 Å². The number of carbonyl (C=O) groups excluding carboxylic acids is 1. The Hall–Kier alpha value is -1.96. The number of nitrogens with zero attached hydrogens (tertiary/aromatic N) is 1. The van der Waals surface area contributed by atoms with Crippen LogP contribution in [0.2, 0.25) is 0 Å². The standard InChI is InChI=1S/C13H9IN2O3/c14-9-5-3-8(4-6-9)12(17)16-11-10(13(18)19)2-1-7-15-11/h1-7H,(H,18,19)(H,15,16,17). The lowest BCUT2D eigenvalue weighted by molar-refractivity contribution is 0.0697. The van der Waals surface area contributed by atoms with Gasteiger partial charge in [-0.3, -0.25) is 4.79 Å². The van der Waals surface area contributed by atoms with Crippen molar-refractivity contribution in [2.24, 2.45) is 0 Å². The second-order valence-corrected chi connectivity index (χ2v) is 4.91. The van der Waals surface area contributed by atoms with Gasteiger partial charge in [0.15, 0.2) is 0 Å². The Morgan fingerprint density at radius 2 is 1.84 bits per heavy atom. The molecule has 1 amide bonds. The average molecular weight is 368 g/mol. The summed E-state index contributed by atoms with van der Waals surface area (Å²) in [5.41, 5.74) is 0.406. The highest BCUT2D eigenvalue weighted by molar-refractivity contribution is 14.1. The van der Waals surface area contributed by atoms with Crippen LogP contribution in [0.4, 0.5) is 5.82 Å². The number of carbonyl (C=O) groups is 2. The SMILES string of the molecule is O=C(Nc1ncccc1C(=O)O)c1ccc(I)cc1. The molecule has 6 heteroatoms. The van der Waals surface area contributed by atoms with E-state index in [1.165, 1.54) is 18.3 Å². The van der Waals surface area contributed by atoms with Gasteiger partial charge in [0.1, 0.15) is 11.4 Å². The van der Waals surface area contributed by atoms with Gasteiger partial charge in [0.2, 0.25) is 0 Å². The van der Waals surface area contributed by atoms with Crippen LogP contribution in [0, 0.1) is 3.57 Å². The first kappa shape index (κ1) is 13.5. The first-order chi connectivity index (χ1) is 9.08. The molecule has 0 saturated heterocycles. The molecule has 0 fully saturated rings. The number of pyridine rings is 1. The van der Waals surface area contributed by atoms with Crippen LogP contribution < -0.4 is 5.32 Å². The Morgan fingerprint density at radius 1 is 1.16 bits per heavy atom. The Balaban J connectivity index is 2.24. The van der Waals surface area contributed by atoms with E-state index in [9.17, 15) is 9.59 Å². The predicted molar refractivity (Wildman–Crippen MR) is 78.3 cm³/mol. The predicted octanol–water partition coefficient (Wildman–Crippen LogP) is 2.64. The number of benzene rings is 1. The zero-order valence-electron chi connectivity index (χ0n) is 9.63. The molecule has 2 N–H and O–H groups in total. The number of rotatable bonds is 3. The molecule has 5 nitrogen and oxygen atoms in total. The molecule has 2 aromatic rings. The minimum atomic E-state index is -1.13. The molecule has 0 saturated carbocycles. The highest BCUT2D eigenvalue weighted by Gasteiger charge is 2.14. The summed E-state index contributed by atoms with van der Waals surface area (Å²) in [4.78, 5) is 26.8. The van der Waals surface area contributed by atoms with Gasteiger partial charge in [0.25, 0.3) is 5.91 Å². The summed E-state index contributed by atoms with van der Waals surface area (Å²) in [6.07, 6.45) is 1.43. The van der Waals surface area contributed by atoms with Crippen LogP contribution in [-0.2, 0) is 0 Å². The normalized spacial score (nSPS) is 9.95. The van der Waals surface area contributed by atoms with Crippen molar-refractivity contribution in [2.75, 3.05) is 5.32 Å². The summed E-state index contributed by atoms with van der Waals surface area (Å²) < 4.78 is 1.01. The topological polar surface area (TPSA) is 79.3 Å². The van der Waals surface area contributed by atoms with Crippen LogP contribution >= 0.6 is 22.6 Å². The molecular weight excluding hydrogens is 359 g/mol. The third-order valence-corrected chi connectivity index (χ3v) is 3.10. The summed E-state index contributed by atoms with van der Waals surface area (Å²) in [5.74, 6) is -1.48. The fourth-order valence-corrected chi connectivity index (χ4v) is 1.82. The van der Waals surface area contributed by atoms with E-state index in [4.69, 9.17) is 5.11 Å². The molecule has 0 aliphatic heterocycles. The van der Waals surface area contributed by atoms with Crippen molar-refractivity contribution in [1.29, 1.82) is 0 Å². The van der Waals surface area contributed by atoms with E-state index in [0.29, 0.717) is 5.56 Å². The molecule has 0 aliphatic rings. The fourth-order valence-electron chi connectivity index (χ4n) is 1.46.